The van der Waals surface area contributed by atoms with E-state index in [1.165, 1.54) is 24.5 Å². The maximum Gasteiger partial charge on any atom is 0.358 e. The van der Waals surface area contributed by atoms with E-state index in [9.17, 15) is 29.8 Å². The predicted octanol–water partition coefficient (Wildman–Crippen LogP) is 2.10. The molecule has 0 bridgehead atoms. The van der Waals surface area contributed by atoms with Crippen molar-refractivity contribution in [2.75, 3.05) is 36.5 Å². The van der Waals surface area contributed by atoms with Gasteiger partial charge in [0.1, 0.15) is 23.8 Å². The molecule has 0 amide bonds. The number of aromatic nitrogens is 2. The number of hydrazine groups is 2. The molecule has 16 heteroatoms. The Morgan fingerprint density at radius 2 is 1.11 bits per heavy atom. The lowest BCUT2D eigenvalue weighted by atomic mass is 10.4. The van der Waals surface area contributed by atoms with E-state index in [0.717, 1.165) is 60.6 Å². The van der Waals surface area contributed by atoms with E-state index in [2.05, 4.69) is 9.97 Å². The van der Waals surface area contributed by atoms with Crippen molar-refractivity contribution < 1.29 is 29.1 Å². The third-order valence-corrected chi connectivity index (χ3v) is 5.67. The number of rotatable bonds is 10. The van der Waals surface area contributed by atoms with E-state index in [1.54, 1.807) is 10.0 Å². The van der Waals surface area contributed by atoms with Gasteiger partial charge in [0.25, 0.3) is 11.4 Å². The molecule has 0 atom stereocenters. The van der Waals surface area contributed by atoms with Crippen molar-refractivity contribution in [3.05, 3.63) is 69.3 Å². The molecule has 0 N–H and O–H groups in total. The molecule has 4 rings (SSSR count). The van der Waals surface area contributed by atoms with Gasteiger partial charge in [0.05, 0.1) is 22.2 Å². The minimum absolute atomic E-state index is 0.170. The number of pyridine rings is 2. The lowest BCUT2D eigenvalue weighted by molar-refractivity contribution is -0.385. The van der Waals surface area contributed by atoms with Crippen LogP contribution in [0.5, 0.6) is 0 Å². The highest BCUT2D eigenvalue weighted by atomic mass is 16.8. The summed E-state index contributed by atoms with van der Waals surface area (Å²) in [5.41, 5.74) is -0.216. The number of carbonyl (C=O) groups is 2. The molecule has 0 saturated carbocycles. The van der Waals surface area contributed by atoms with Crippen molar-refractivity contribution in [3.8, 4) is 0 Å². The highest BCUT2D eigenvalue weighted by Gasteiger charge is 2.27. The average Bonchev–Trinajstić information content (AvgIpc) is 3.64. The van der Waals surface area contributed by atoms with Crippen LogP contribution < -0.4 is 10.3 Å². The molecule has 2 aromatic heterocycles. The molecule has 4 heterocycles. The zero-order valence-electron chi connectivity index (χ0n) is 20.1. The van der Waals surface area contributed by atoms with Crippen LogP contribution >= 0.6 is 0 Å². The van der Waals surface area contributed by atoms with Crippen LogP contribution in [-0.4, -0.2) is 68.0 Å². The topological polar surface area (TPSA) is 178 Å². The Morgan fingerprint density at radius 3 is 1.45 bits per heavy atom. The predicted molar refractivity (Wildman–Crippen MR) is 130 cm³/mol. The Labute approximate surface area is 215 Å². The van der Waals surface area contributed by atoms with Gasteiger partial charge in [-0.15, -0.1) is 10.3 Å². The Morgan fingerprint density at radius 1 is 0.737 bits per heavy atom. The molecule has 2 fully saturated rings. The molecule has 16 nitrogen and oxygen atoms in total. The van der Waals surface area contributed by atoms with Gasteiger partial charge in [-0.05, 0) is 25.7 Å². The van der Waals surface area contributed by atoms with Gasteiger partial charge in [0.2, 0.25) is 0 Å². The van der Waals surface area contributed by atoms with Crippen molar-refractivity contribution in [2.45, 2.75) is 25.7 Å². The van der Waals surface area contributed by atoms with Crippen molar-refractivity contribution in [3.63, 3.8) is 0 Å². The fourth-order valence-corrected chi connectivity index (χ4v) is 3.92. The maximum atomic E-state index is 12.6. The molecule has 0 unspecified atom stereocenters. The Hall–Kier alpha value is -4.70. The first-order valence-electron chi connectivity index (χ1n) is 11.7. The van der Waals surface area contributed by atoms with Gasteiger partial charge in [0.15, 0.2) is 0 Å². The van der Waals surface area contributed by atoms with Crippen LogP contribution in [0.25, 0.3) is 0 Å². The lowest BCUT2D eigenvalue weighted by Gasteiger charge is -2.30. The molecule has 2 aliphatic rings. The van der Waals surface area contributed by atoms with Crippen molar-refractivity contribution >= 4 is 34.7 Å². The second kappa shape index (κ2) is 12.0. The summed E-state index contributed by atoms with van der Waals surface area (Å²) in [6.45, 7) is 2.18. The SMILES string of the molecule is O=C(/C=C/C(=O)ON(c1cncc([N+](=O)[O-])c1)N1CCCC1)ON(c1cncc([N+](=O)[O-])c1)N1CCCC1. The Balaban J connectivity index is 1.46. The molecule has 2 aliphatic heterocycles. The van der Waals surface area contributed by atoms with Crippen molar-refractivity contribution in [1.29, 1.82) is 0 Å². The summed E-state index contributed by atoms with van der Waals surface area (Å²) in [5, 5.41) is 27.9. The van der Waals surface area contributed by atoms with E-state index in [0.29, 0.717) is 26.2 Å². The molecular formula is C22H24N8O8. The zero-order valence-corrected chi connectivity index (χ0v) is 20.1. The largest absolute Gasteiger partial charge is 0.358 e. The van der Waals surface area contributed by atoms with E-state index in [-0.39, 0.29) is 22.7 Å². The summed E-state index contributed by atoms with van der Waals surface area (Å²) < 4.78 is 0. The molecule has 2 aromatic rings. The van der Waals surface area contributed by atoms with Gasteiger partial charge in [-0.2, -0.15) is 10.0 Å². The van der Waals surface area contributed by atoms with Gasteiger partial charge in [-0.1, -0.05) is 0 Å². The van der Waals surface area contributed by atoms with Crippen LogP contribution in [0.4, 0.5) is 22.7 Å². The van der Waals surface area contributed by atoms with Crippen LogP contribution in [0.15, 0.2) is 49.1 Å². The minimum Gasteiger partial charge on any atom is -0.320 e. The molecule has 0 spiro atoms. The Bertz CT molecular complexity index is 1140. The molecule has 2 saturated heterocycles. The summed E-state index contributed by atoms with van der Waals surface area (Å²) in [6.07, 6.45) is 9.81. The Kier molecular flexibility index (Phi) is 8.34. The summed E-state index contributed by atoms with van der Waals surface area (Å²) in [5.74, 6) is -1.88. The lowest BCUT2D eigenvalue weighted by Crippen LogP contribution is -2.42. The smallest absolute Gasteiger partial charge is 0.320 e. The molecule has 38 heavy (non-hydrogen) atoms. The second-order valence-electron chi connectivity index (χ2n) is 8.34. The fourth-order valence-electron chi connectivity index (χ4n) is 3.92. The summed E-state index contributed by atoms with van der Waals surface area (Å²) in [4.78, 5) is 64.7. The first-order chi connectivity index (χ1) is 18.3. The van der Waals surface area contributed by atoms with Crippen LogP contribution in [0.3, 0.4) is 0 Å². The highest BCUT2D eigenvalue weighted by molar-refractivity contribution is 5.92. The van der Waals surface area contributed by atoms with E-state index < -0.39 is 21.8 Å². The zero-order chi connectivity index (χ0) is 27.1. The van der Waals surface area contributed by atoms with Crippen LogP contribution in [0.2, 0.25) is 0 Å². The second-order valence-corrected chi connectivity index (χ2v) is 8.34. The van der Waals surface area contributed by atoms with Crippen molar-refractivity contribution in [1.82, 2.24) is 20.0 Å². The number of carbonyl (C=O) groups excluding carboxylic acids is 2. The first-order valence-corrected chi connectivity index (χ1v) is 11.7. The maximum absolute atomic E-state index is 12.6. The number of hydrogen-bond acceptors (Lipinski definition) is 14. The van der Waals surface area contributed by atoms with Crippen LogP contribution in [0.1, 0.15) is 25.7 Å². The first kappa shape index (κ1) is 26.4. The highest BCUT2D eigenvalue weighted by Crippen LogP contribution is 2.25. The molecular weight excluding hydrogens is 504 g/mol. The third kappa shape index (κ3) is 6.54. The number of nitrogens with zero attached hydrogens (tertiary/aromatic N) is 8. The molecule has 0 aromatic carbocycles. The molecule has 0 aliphatic carbocycles. The van der Waals surface area contributed by atoms with Crippen LogP contribution in [-0.2, 0) is 19.3 Å². The average molecular weight is 528 g/mol. The normalized spacial score (nSPS) is 15.9. The van der Waals surface area contributed by atoms with Crippen molar-refractivity contribution in [2.24, 2.45) is 0 Å². The summed E-state index contributed by atoms with van der Waals surface area (Å²) >= 11 is 0. The van der Waals surface area contributed by atoms with Gasteiger partial charge in [0, 0.05) is 50.5 Å². The van der Waals surface area contributed by atoms with Gasteiger partial charge >= 0.3 is 11.9 Å². The molecule has 0 radical (unpaired) electrons. The van der Waals surface area contributed by atoms with Gasteiger partial charge in [-0.3, -0.25) is 30.2 Å². The number of nitro groups is 2. The third-order valence-electron chi connectivity index (χ3n) is 5.67. The fraction of sp³-hybridized carbons (Fsp3) is 0.364. The quantitative estimate of drug-likeness (QED) is 0.249. The summed E-state index contributed by atoms with van der Waals surface area (Å²) in [7, 11) is 0. The van der Waals surface area contributed by atoms with Gasteiger partial charge < -0.3 is 9.68 Å². The van der Waals surface area contributed by atoms with E-state index in [1.807, 2.05) is 0 Å². The van der Waals surface area contributed by atoms with E-state index >= 15 is 0 Å². The summed E-state index contributed by atoms with van der Waals surface area (Å²) in [6, 6.07) is 2.44. The standard InChI is InChI=1S/C22H24N8O8/c31-21(37-27(25-7-1-2-8-25)17-11-19(29(33)34)15-23-13-17)5-6-22(32)38-28(26-9-3-4-10-26)18-12-20(30(35)36)16-24-14-18/h5-6,11-16H,1-4,7-10H2/b6-5+. The minimum atomic E-state index is -0.940. The van der Waals surface area contributed by atoms with Crippen LogP contribution in [0, 0.1) is 20.2 Å². The van der Waals surface area contributed by atoms with E-state index in [4.69, 9.17) is 9.68 Å². The number of anilines is 2. The van der Waals surface area contributed by atoms with Gasteiger partial charge in [-0.25, -0.2) is 9.59 Å². The molecule has 200 valence electrons. The monoisotopic (exact) mass is 528 g/mol. The number of hydrogen-bond donors (Lipinski definition) is 0.